The number of aryl methyl sites for hydroxylation is 1. The molecule has 1 aromatic rings. The standard InChI is InChI=1S/C25H38N4O8/c1-6-36-20(32)11-12-27-22(33)21(17-9-7-16(2)8-10-17)29(13-14-30)23(34)18(15-19(26)31)28-24(35)37-25(3,4)5/h7-10,18,21,30H,6,11-15H2,1-5H3,(H2,26,31)(H,27,33)(H,28,35). The fourth-order valence-corrected chi connectivity index (χ4v) is 3.36. The summed E-state index contributed by atoms with van der Waals surface area (Å²) < 4.78 is 10.1. The summed E-state index contributed by atoms with van der Waals surface area (Å²) in [7, 11) is 0. The van der Waals surface area contributed by atoms with E-state index in [1.807, 2.05) is 6.92 Å². The number of carbonyl (C=O) groups is 5. The van der Waals surface area contributed by atoms with Crippen LogP contribution in [0, 0.1) is 6.92 Å². The molecule has 2 unspecified atom stereocenters. The van der Waals surface area contributed by atoms with Crippen LogP contribution in [-0.2, 0) is 28.7 Å². The van der Waals surface area contributed by atoms with E-state index in [2.05, 4.69) is 10.6 Å². The molecule has 0 spiro atoms. The number of hydrogen-bond acceptors (Lipinski definition) is 8. The SMILES string of the molecule is CCOC(=O)CCNC(=O)C(c1ccc(C)cc1)N(CCO)C(=O)C(CC(N)=O)NC(=O)OC(C)(C)C. The summed E-state index contributed by atoms with van der Waals surface area (Å²) in [5.41, 5.74) is 5.76. The number of hydrogen-bond donors (Lipinski definition) is 4. The van der Waals surface area contributed by atoms with Gasteiger partial charge in [-0.25, -0.2) is 4.79 Å². The summed E-state index contributed by atoms with van der Waals surface area (Å²) >= 11 is 0. The van der Waals surface area contributed by atoms with Gasteiger partial charge in [-0.1, -0.05) is 29.8 Å². The van der Waals surface area contributed by atoms with E-state index in [1.165, 1.54) is 0 Å². The molecule has 5 N–H and O–H groups in total. The molecular formula is C25H38N4O8. The minimum absolute atomic E-state index is 0.0535. The van der Waals surface area contributed by atoms with Crippen LogP contribution in [0.5, 0.6) is 0 Å². The molecule has 0 aliphatic carbocycles. The molecule has 0 aromatic heterocycles. The Bertz CT molecular complexity index is 943. The number of aliphatic hydroxyl groups is 1. The van der Waals surface area contributed by atoms with Crippen LogP contribution in [0.25, 0.3) is 0 Å². The number of amides is 4. The van der Waals surface area contributed by atoms with Gasteiger partial charge < -0.3 is 35.8 Å². The van der Waals surface area contributed by atoms with Crippen molar-refractivity contribution in [1.29, 1.82) is 0 Å². The van der Waals surface area contributed by atoms with E-state index in [0.717, 1.165) is 10.5 Å². The number of carbonyl (C=O) groups excluding carboxylic acids is 5. The summed E-state index contributed by atoms with van der Waals surface area (Å²) in [6, 6.07) is 4.07. The van der Waals surface area contributed by atoms with Crippen molar-refractivity contribution >= 4 is 29.8 Å². The third-order valence-electron chi connectivity index (χ3n) is 4.91. The number of rotatable bonds is 13. The first-order chi connectivity index (χ1) is 17.3. The maximum absolute atomic E-state index is 13.6. The molecule has 1 aromatic carbocycles. The van der Waals surface area contributed by atoms with Crippen LogP contribution >= 0.6 is 0 Å². The van der Waals surface area contributed by atoms with Crippen molar-refractivity contribution in [2.45, 2.75) is 65.1 Å². The number of alkyl carbamates (subject to hydrolysis) is 1. The van der Waals surface area contributed by atoms with Gasteiger partial charge in [-0.15, -0.1) is 0 Å². The van der Waals surface area contributed by atoms with E-state index in [0.29, 0.717) is 5.56 Å². The van der Waals surface area contributed by atoms with Gasteiger partial charge in [-0.05, 0) is 40.2 Å². The third kappa shape index (κ3) is 11.3. The number of esters is 1. The molecule has 206 valence electrons. The average Bonchev–Trinajstić information content (AvgIpc) is 2.77. The zero-order valence-corrected chi connectivity index (χ0v) is 22.0. The summed E-state index contributed by atoms with van der Waals surface area (Å²) in [4.78, 5) is 63.7. The lowest BCUT2D eigenvalue weighted by Crippen LogP contribution is -2.54. The topological polar surface area (TPSA) is 177 Å². The lowest BCUT2D eigenvalue weighted by molar-refractivity contribution is -0.145. The minimum atomic E-state index is -1.46. The van der Waals surface area contributed by atoms with Crippen LogP contribution in [0.3, 0.4) is 0 Å². The van der Waals surface area contributed by atoms with Gasteiger partial charge in [-0.2, -0.15) is 0 Å². The van der Waals surface area contributed by atoms with E-state index in [9.17, 15) is 29.1 Å². The number of nitrogens with zero attached hydrogens (tertiary/aromatic N) is 1. The fourth-order valence-electron chi connectivity index (χ4n) is 3.36. The van der Waals surface area contributed by atoms with Gasteiger partial charge in [0.25, 0.3) is 0 Å². The van der Waals surface area contributed by atoms with Crippen molar-refractivity contribution in [3.8, 4) is 0 Å². The van der Waals surface area contributed by atoms with Crippen LogP contribution in [0.15, 0.2) is 24.3 Å². The highest BCUT2D eigenvalue weighted by molar-refractivity contribution is 5.94. The molecule has 0 heterocycles. The highest BCUT2D eigenvalue weighted by atomic mass is 16.6. The molecule has 37 heavy (non-hydrogen) atoms. The highest BCUT2D eigenvalue weighted by Gasteiger charge is 2.36. The molecule has 0 saturated carbocycles. The molecular weight excluding hydrogens is 484 g/mol. The Balaban J connectivity index is 3.33. The van der Waals surface area contributed by atoms with E-state index in [4.69, 9.17) is 15.2 Å². The van der Waals surface area contributed by atoms with Gasteiger partial charge in [0.2, 0.25) is 17.7 Å². The van der Waals surface area contributed by atoms with Gasteiger partial charge in [0, 0.05) is 13.1 Å². The Labute approximate surface area is 216 Å². The largest absolute Gasteiger partial charge is 0.466 e. The molecule has 0 fully saturated rings. The summed E-state index contributed by atoms with van der Waals surface area (Å²) in [5.74, 6) is -2.83. The summed E-state index contributed by atoms with van der Waals surface area (Å²) in [6.45, 7) is 7.73. The second-order valence-electron chi connectivity index (χ2n) is 9.28. The van der Waals surface area contributed by atoms with Crippen LogP contribution in [0.1, 0.15) is 57.7 Å². The van der Waals surface area contributed by atoms with E-state index < -0.39 is 60.5 Å². The molecule has 2 atom stereocenters. The van der Waals surface area contributed by atoms with Gasteiger partial charge >= 0.3 is 12.1 Å². The van der Waals surface area contributed by atoms with Crippen molar-refractivity contribution < 1.29 is 38.6 Å². The van der Waals surface area contributed by atoms with E-state index in [1.54, 1.807) is 52.0 Å². The zero-order valence-electron chi connectivity index (χ0n) is 22.0. The Morgan fingerprint density at radius 1 is 1.11 bits per heavy atom. The molecule has 0 aliphatic rings. The summed E-state index contributed by atoms with van der Waals surface area (Å²) in [6.07, 6.45) is -1.61. The molecule has 1 rings (SSSR count). The quantitative estimate of drug-likeness (QED) is 0.273. The van der Waals surface area contributed by atoms with Crippen molar-refractivity contribution in [3.63, 3.8) is 0 Å². The van der Waals surface area contributed by atoms with E-state index in [-0.39, 0.29) is 26.1 Å². The molecule has 0 bridgehead atoms. The number of primary amides is 1. The second-order valence-corrected chi connectivity index (χ2v) is 9.28. The Morgan fingerprint density at radius 2 is 1.73 bits per heavy atom. The van der Waals surface area contributed by atoms with E-state index >= 15 is 0 Å². The summed E-state index contributed by atoms with van der Waals surface area (Å²) in [5, 5.41) is 14.7. The molecule has 12 heteroatoms. The molecule has 0 radical (unpaired) electrons. The Kier molecular flexibility index (Phi) is 12.5. The predicted molar refractivity (Wildman–Crippen MR) is 134 cm³/mol. The number of benzene rings is 1. The number of ether oxygens (including phenoxy) is 2. The maximum atomic E-state index is 13.6. The lowest BCUT2D eigenvalue weighted by Gasteiger charge is -2.34. The van der Waals surface area contributed by atoms with Crippen molar-refractivity contribution in [2.75, 3.05) is 26.3 Å². The van der Waals surface area contributed by atoms with Gasteiger partial charge in [0.05, 0.1) is 26.1 Å². The van der Waals surface area contributed by atoms with Crippen LogP contribution in [0.4, 0.5) is 4.79 Å². The predicted octanol–water partition coefficient (Wildman–Crippen LogP) is 0.695. The molecule has 0 aliphatic heterocycles. The normalized spacial score (nSPS) is 12.6. The maximum Gasteiger partial charge on any atom is 0.408 e. The van der Waals surface area contributed by atoms with Crippen LogP contribution in [-0.4, -0.2) is 77.7 Å². The molecule has 4 amide bonds. The first-order valence-electron chi connectivity index (χ1n) is 12.0. The Hall–Kier alpha value is -3.67. The van der Waals surface area contributed by atoms with Gasteiger partial charge in [0.1, 0.15) is 17.7 Å². The molecule has 12 nitrogen and oxygen atoms in total. The number of nitrogens with one attached hydrogen (secondary N) is 2. The monoisotopic (exact) mass is 522 g/mol. The smallest absolute Gasteiger partial charge is 0.408 e. The van der Waals surface area contributed by atoms with Gasteiger partial charge in [-0.3, -0.25) is 19.2 Å². The minimum Gasteiger partial charge on any atom is -0.466 e. The van der Waals surface area contributed by atoms with Gasteiger partial charge in [0.15, 0.2) is 0 Å². The van der Waals surface area contributed by atoms with Crippen LogP contribution < -0.4 is 16.4 Å². The lowest BCUT2D eigenvalue weighted by atomic mass is 10.0. The number of nitrogens with two attached hydrogens (primary N) is 1. The molecule has 0 saturated heterocycles. The first-order valence-corrected chi connectivity index (χ1v) is 12.0. The van der Waals surface area contributed by atoms with Crippen LogP contribution in [0.2, 0.25) is 0 Å². The Morgan fingerprint density at radius 3 is 2.24 bits per heavy atom. The van der Waals surface area contributed by atoms with Crippen molar-refractivity contribution in [3.05, 3.63) is 35.4 Å². The third-order valence-corrected chi connectivity index (χ3v) is 4.91. The zero-order chi connectivity index (χ0) is 28.2. The fraction of sp³-hybridized carbons (Fsp3) is 0.560. The highest BCUT2D eigenvalue weighted by Crippen LogP contribution is 2.23. The number of aliphatic hydroxyl groups excluding tert-OH is 1. The first kappa shape index (κ1) is 31.4. The van der Waals surface area contributed by atoms with Crippen molar-refractivity contribution in [2.24, 2.45) is 5.73 Å². The average molecular weight is 523 g/mol. The van der Waals surface area contributed by atoms with Crippen molar-refractivity contribution in [1.82, 2.24) is 15.5 Å². The second kappa shape index (κ2) is 14.8.